The van der Waals surface area contributed by atoms with E-state index in [1.807, 2.05) is 0 Å². The van der Waals surface area contributed by atoms with Gasteiger partial charge in [-0.2, -0.15) is 0 Å². The number of Topliss-reactive ketones (excluding diaryl/α,β-unsaturated/α-hetero) is 2. The van der Waals surface area contributed by atoms with Crippen molar-refractivity contribution in [3.8, 4) is 0 Å². The van der Waals surface area contributed by atoms with Gasteiger partial charge >= 0.3 is 5.97 Å². The Morgan fingerprint density at radius 2 is 1.23 bits per heavy atom. The quantitative estimate of drug-likeness (QED) is 0.153. The second-order valence-corrected chi connectivity index (χ2v) is 13.5. The van der Waals surface area contributed by atoms with E-state index < -0.39 is 11.4 Å². The second kappa shape index (κ2) is 15.1. The molecule has 2 fully saturated rings. The molecule has 0 saturated heterocycles. The number of unbranched alkanes of at least 4 members (excludes halogenated alkanes) is 2. The highest BCUT2D eigenvalue weighted by Crippen LogP contribution is 2.41. The van der Waals surface area contributed by atoms with Crippen molar-refractivity contribution in [2.45, 2.75) is 118 Å². The van der Waals surface area contributed by atoms with Crippen LogP contribution in [-0.4, -0.2) is 34.4 Å². The number of aliphatic hydroxyl groups excluding tert-OH is 1. The lowest BCUT2D eigenvalue weighted by molar-refractivity contribution is -0.147. The molecule has 0 radical (unpaired) electrons. The first-order chi connectivity index (χ1) is 18.4. The number of carboxylic acids is 1. The minimum Gasteiger partial charge on any atom is -0.481 e. The highest BCUT2D eigenvalue weighted by atomic mass is 16.4. The lowest BCUT2D eigenvalue weighted by atomic mass is 9.69. The Labute approximate surface area is 237 Å². The maximum absolute atomic E-state index is 13.6. The number of rotatable bonds is 16. The van der Waals surface area contributed by atoms with Crippen molar-refractivity contribution in [1.29, 1.82) is 0 Å². The number of hydrogen-bond acceptors (Lipinski definition) is 4. The fourth-order valence-corrected chi connectivity index (χ4v) is 6.53. The van der Waals surface area contributed by atoms with Crippen LogP contribution in [0.15, 0.2) is 36.5 Å². The predicted octanol–water partition coefficient (Wildman–Crippen LogP) is 7.88. The summed E-state index contributed by atoms with van der Waals surface area (Å²) in [5.74, 6) is -0.660. The van der Waals surface area contributed by atoms with Gasteiger partial charge in [-0.3, -0.25) is 14.4 Å². The van der Waals surface area contributed by atoms with Gasteiger partial charge in [0.25, 0.3) is 0 Å². The molecule has 0 aromatic carbocycles. The van der Waals surface area contributed by atoms with E-state index in [2.05, 4.69) is 27.0 Å². The standard InChI is InChI=1S/C34H54O5/c1-7-26(28-19-13-17-24(30(28)36)15-9-11-21-33(3,4)23-35)27(8-2)29-20-14-18-25(31(29)37)16-10-12-22-34(5,6)32(38)39/h7-8,24-25,28-29,35H,1-2,9-23H2,3-6H3,(H,38,39)/b27-26-. The molecule has 5 heteroatoms. The van der Waals surface area contributed by atoms with E-state index in [4.69, 9.17) is 0 Å². The van der Waals surface area contributed by atoms with Crippen LogP contribution in [0.2, 0.25) is 0 Å². The van der Waals surface area contributed by atoms with Crippen molar-refractivity contribution in [3.63, 3.8) is 0 Å². The molecule has 0 spiro atoms. The van der Waals surface area contributed by atoms with Gasteiger partial charge < -0.3 is 10.2 Å². The minimum absolute atomic E-state index is 0.0179. The van der Waals surface area contributed by atoms with Crippen LogP contribution in [0.1, 0.15) is 118 Å². The Balaban J connectivity index is 2.07. The molecule has 0 heterocycles. The van der Waals surface area contributed by atoms with Gasteiger partial charge in [0.05, 0.1) is 5.41 Å². The molecule has 2 aliphatic carbocycles. The van der Waals surface area contributed by atoms with E-state index in [1.165, 1.54) is 0 Å². The van der Waals surface area contributed by atoms with Gasteiger partial charge in [-0.15, -0.1) is 0 Å². The summed E-state index contributed by atoms with van der Waals surface area (Å²) in [6.07, 6.45) is 15.8. The molecule has 0 aromatic heterocycles. The van der Waals surface area contributed by atoms with Crippen LogP contribution in [0, 0.1) is 34.5 Å². The molecule has 2 rings (SSSR count). The molecule has 0 amide bonds. The van der Waals surface area contributed by atoms with Gasteiger partial charge in [-0.05, 0) is 81.8 Å². The number of carbonyl (C=O) groups excluding carboxylic acids is 2. The molecule has 2 N–H and O–H groups in total. The second-order valence-electron chi connectivity index (χ2n) is 13.5. The summed E-state index contributed by atoms with van der Waals surface area (Å²) in [5.41, 5.74) is 0.992. The maximum Gasteiger partial charge on any atom is 0.309 e. The normalized spacial score (nSPS) is 25.3. The van der Waals surface area contributed by atoms with Gasteiger partial charge in [0, 0.05) is 30.3 Å². The molecular formula is C34H54O5. The Bertz CT molecular complexity index is 909. The Kier molecular flexibility index (Phi) is 12.9. The zero-order valence-electron chi connectivity index (χ0n) is 25.1. The summed E-state index contributed by atoms with van der Waals surface area (Å²) in [5, 5.41) is 18.9. The Hall–Kier alpha value is -2.01. The first-order valence-corrected chi connectivity index (χ1v) is 15.3. The SMILES string of the molecule is C=C/C(=C(\C=C)C1CCCC(CCCCC(C)(C)C(=O)O)C1=O)C1CCCC(CCCCC(C)(C)CO)C1=O. The lowest BCUT2D eigenvalue weighted by Gasteiger charge is -2.34. The van der Waals surface area contributed by atoms with Crippen LogP contribution in [0.4, 0.5) is 0 Å². The van der Waals surface area contributed by atoms with Crippen molar-refractivity contribution in [1.82, 2.24) is 0 Å². The third kappa shape index (κ3) is 9.27. The predicted molar refractivity (Wildman–Crippen MR) is 158 cm³/mol. The highest BCUT2D eigenvalue weighted by molar-refractivity contribution is 5.90. The summed E-state index contributed by atoms with van der Waals surface area (Å²) in [6, 6.07) is 0. The van der Waals surface area contributed by atoms with Gasteiger partial charge in [-0.1, -0.05) is 77.7 Å². The van der Waals surface area contributed by atoms with Crippen molar-refractivity contribution in [2.24, 2.45) is 34.5 Å². The van der Waals surface area contributed by atoms with Crippen LogP contribution in [0.5, 0.6) is 0 Å². The zero-order chi connectivity index (χ0) is 29.2. The number of aliphatic carboxylic acids is 1. The van der Waals surface area contributed by atoms with Crippen molar-refractivity contribution in [2.75, 3.05) is 6.61 Å². The molecule has 5 nitrogen and oxygen atoms in total. The van der Waals surface area contributed by atoms with Crippen LogP contribution in [0.3, 0.4) is 0 Å². The van der Waals surface area contributed by atoms with Crippen molar-refractivity contribution in [3.05, 3.63) is 36.5 Å². The molecule has 0 aliphatic heterocycles. The fourth-order valence-electron chi connectivity index (χ4n) is 6.53. The van der Waals surface area contributed by atoms with E-state index >= 15 is 0 Å². The smallest absolute Gasteiger partial charge is 0.309 e. The van der Waals surface area contributed by atoms with Crippen molar-refractivity contribution < 1.29 is 24.6 Å². The van der Waals surface area contributed by atoms with Gasteiger partial charge in [0.15, 0.2) is 0 Å². The maximum atomic E-state index is 13.6. The number of aliphatic hydroxyl groups is 1. The fraction of sp³-hybridized carbons (Fsp3) is 0.735. The number of carbonyl (C=O) groups is 3. The summed E-state index contributed by atoms with van der Waals surface area (Å²) in [4.78, 5) is 38.7. The summed E-state index contributed by atoms with van der Waals surface area (Å²) < 4.78 is 0. The number of allylic oxidation sites excluding steroid dienone is 4. The topological polar surface area (TPSA) is 91.7 Å². The molecule has 2 saturated carbocycles. The van der Waals surface area contributed by atoms with E-state index in [0.717, 1.165) is 94.6 Å². The average Bonchev–Trinajstić information content (AvgIpc) is 2.90. The van der Waals surface area contributed by atoms with Crippen LogP contribution in [0.25, 0.3) is 0 Å². The van der Waals surface area contributed by atoms with Gasteiger partial charge in [0.2, 0.25) is 0 Å². The van der Waals surface area contributed by atoms with Crippen LogP contribution in [-0.2, 0) is 14.4 Å². The molecule has 39 heavy (non-hydrogen) atoms. The first-order valence-electron chi connectivity index (χ1n) is 15.3. The third-order valence-electron chi connectivity index (χ3n) is 9.37. The minimum atomic E-state index is -0.779. The van der Waals surface area contributed by atoms with Gasteiger partial charge in [-0.25, -0.2) is 0 Å². The number of carboxylic acid groups (broad SMARTS) is 1. The summed E-state index contributed by atoms with van der Waals surface area (Å²) in [7, 11) is 0. The van der Waals surface area contributed by atoms with Crippen molar-refractivity contribution >= 4 is 17.5 Å². The van der Waals surface area contributed by atoms with E-state index in [-0.39, 0.29) is 47.3 Å². The van der Waals surface area contributed by atoms with E-state index in [9.17, 15) is 24.6 Å². The number of hydrogen-bond donors (Lipinski definition) is 2. The highest BCUT2D eigenvalue weighted by Gasteiger charge is 2.38. The Morgan fingerprint density at radius 1 is 0.795 bits per heavy atom. The number of ketones is 2. The lowest BCUT2D eigenvalue weighted by Crippen LogP contribution is -2.33. The van der Waals surface area contributed by atoms with Crippen LogP contribution >= 0.6 is 0 Å². The summed E-state index contributed by atoms with van der Waals surface area (Å²) in [6.45, 7) is 16.0. The first kappa shape index (κ1) is 33.2. The average molecular weight is 543 g/mol. The Morgan fingerprint density at radius 3 is 1.62 bits per heavy atom. The largest absolute Gasteiger partial charge is 0.481 e. The molecule has 0 bridgehead atoms. The molecular weight excluding hydrogens is 488 g/mol. The molecule has 4 atom stereocenters. The van der Waals surface area contributed by atoms with Crippen LogP contribution < -0.4 is 0 Å². The third-order valence-corrected chi connectivity index (χ3v) is 9.37. The van der Waals surface area contributed by atoms with E-state index in [1.54, 1.807) is 26.0 Å². The molecule has 2 aliphatic rings. The summed E-state index contributed by atoms with van der Waals surface area (Å²) >= 11 is 0. The molecule has 220 valence electrons. The monoisotopic (exact) mass is 542 g/mol. The molecule has 4 unspecified atom stereocenters. The van der Waals surface area contributed by atoms with Gasteiger partial charge in [0.1, 0.15) is 11.6 Å². The molecule has 0 aromatic rings. The van der Waals surface area contributed by atoms with E-state index in [0.29, 0.717) is 6.42 Å². The zero-order valence-corrected chi connectivity index (χ0v) is 25.1.